The Morgan fingerprint density at radius 2 is 1.94 bits per heavy atom. The summed E-state index contributed by atoms with van der Waals surface area (Å²) in [6, 6.07) is 7.87. The van der Waals surface area contributed by atoms with Crippen LogP contribution in [0, 0.1) is 5.41 Å². The zero-order chi connectivity index (χ0) is 12.2. The summed E-state index contributed by atoms with van der Waals surface area (Å²) in [7, 11) is 1.67. The number of nitrogens with two attached hydrogens (primary N) is 1. The first kappa shape index (κ1) is 12.7. The first-order valence-electron chi connectivity index (χ1n) is 5.36. The molecule has 0 bridgehead atoms. The molecule has 0 saturated heterocycles. The van der Waals surface area contributed by atoms with Crippen molar-refractivity contribution in [3.8, 4) is 0 Å². The zero-order valence-corrected chi connectivity index (χ0v) is 10.4. The van der Waals surface area contributed by atoms with Gasteiger partial charge in [-0.3, -0.25) is 0 Å². The first-order chi connectivity index (χ1) is 7.45. The Kier molecular flexibility index (Phi) is 4.07. The van der Waals surface area contributed by atoms with E-state index >= 15 is 0 Å². The van der Waals surface area contributed by atoms with Crippen LogP contribution in [0.4, 0.5) is 5.69 Å². The Morgan fingerprint density at radius 3 is 2.50 bits per heavy atom. The van der Waals surface area contributed by atoms with Gasteiger partial charge < -0.3 is 10.5 Å². The Morgan fingerprint density at radius 1 is 1.31 bits per heavy atom. The van der Waals surface area contributed by atoms with E-state index in [0.717, 1.165) is 11.3 Å². The van der Waals surface area contributed by atoms with Gasteiger partial charge in [-0.25, -0.2) is 4.99 Å². The minimum Gasteiger partial charge on any atom is -0.387 e. The molecule has 0 spiro atoms. The van der Waals surface area contributed by atoms with E-state index in [1.165, 1.54) is 0 Å². The van der Waals surface area contributed by atoms with Gasteiger partial charge in [0.2, 0.25) is 0 Å². The van der Waals surface area contributed by atoms with Gasteiger partial charge in [0.05, 0.1) is 12.3 Å². The lowest BCUT2D eigenvalue weighted by Crippen LogP contribution is -2.28. The molecule has 1 aromatic carbocycles. The third-order valence-corrected chi connectivity index (χ3v) is 2.30. The largest absolute Gasteiger partial charge is 0.387 e. The highest BCUT2D eigenvalue weighted by Crippen LogP contribution is 2.22. The van der Waals surface area contributed by atoms with Gasteiger partial charge in [0.15, 0.2) is 0 Å². The van der Waals surface area contributed by atoms with Crippen molar-refractivity contribution >= 4 is 11.5 Å². The number of rotatable bonds is 3. The van der Waals surface area contributed by atoms with Crippen LogP contribution in [0.3, 0.4) is 0 Å². The summed E-state index contributed by atoms with van der Waals surface area (Å²) < 4.78 is 5.13. The van der Waals surface area contributed by atoms with Crippen LogP contribution in [-0.2, 0) is 11.3 Å². The van der Waals surface area contributed by atoms with Crippen molar-refractivity contribution < 1.29 is 4.74 Å². The Balaban J connectivity index is 3.05. The second kappa shape index (κ2) is 5.12. The van der Waals surface area contributed by atoms with Crippen molar-refractivity contribution in [2.45, 2.75) is 27.4 Å². The van der Waals surface area contributed by atoms with Gasteiger partial charge >= 0.3 is 0 Å². The average Bonchev–Trinajstić information content (AvgIpc) is 2.20. The highest BCUT2D eigenvalue weighted by molar-refractivity contribution is 5.88. The predicted molar refractivity (Wildman–Crippen MR) is 67.9 cm³/mol. The lowest BCUT2D eigenvalue weighted by molar-refractivity contribution is 0.185. The second-order valence-corrected chi connectivity index (χ2v) is 4.81. The molecule has 0 amide bonds. The molecule has 0 aliphatic carbocycles. The van der Waals surface area contributed by atoms with E-state index in [-0.39, 0.29) is 5.41 Å². The SMILES string of the molecule is COCc1ccccc1N=C(N)C(C)(C)C. The molecule has 0 atom stereocenters. The molecule has 1 aromatic rings. The molecule has 0 aliphatic rings. The molecule has 16 heavy (non-hydrogen) atoms. The van der Waals surface area contributed by atoms with Crippen LogP contribution >= 0.6 is 0 Å². The second-order valence-electron chi connectivity index (χ2n) is 4.81. The predicted octanol–water partition coefficient (Wildman–Crippen LogP) is 2.87. The molecule has 0 aromatic heterocycles. The third-order valence-electron chi connectivity index (χ3n) is 2.30. The number of methoxy groups -OCH3 is 1. The number of para-hydroxylation sites is 1. The van der Waals surface area contributed by atoms with E-state index in [1.54, 1.807) is 7.11 Å². The van der Waals surface area contributed by atoms with Crippen molar-refractivity contribution in [1.29, 1.82) is 0 Å². The topological polar surface area (TPSA) is 47.6 Å². The average molecular weight is 220 g/mol. The molecule has 3 nitrogen and oxygen atoms in total. The fourth-order valence-corrected chi connectivity index (χ4v) is 1.19. The van der Waals surface area contributed by atoms with E-state index in [9.17, 15) is 0 Å². The number of ether oxygens (including phenoxy) is 1. The lowest BCUT2D eigenvalue weighted by atomic mass is 9.95. The third kappa shape index (κ3) is 3.35. The Hall–Kier alpha value is -1.35. The molecule has 0 saturated carbocycles. The standard InChI is InChI=1S/C13H20N2O/c1-13(2,3)12(14)15-11-8-6-5-7-10(11)9-16-4/h5-8H,9H2,1-4H3,(H2,14,15). The highest BCUT2D eigenvalue weighted by Gasteiger charge is 2.15. The van der Waals surface area contributed by atoms with E-state index in [4.69, 9.17) is 10.5 Å². The first-order valence-corrected chi connectivity index (χ1v) is 5.36. The maximum Gasteiger partial charge on any atom is 0.105 e. The highest BCUT2D eigenvalue weighted by atomic mass is 16.5. The van der Waals surface area contributed by atoms with Crippen LogP contribution in [0.15, 0.2) is 29.3 Å². The monoisotopic (exact) mass is 220 g/mol. The molecule has 0 radical (unpaired) electrons. The molecular weight excluding hydrogens is 200 g/mol. The molecule has 88 valence electrons. The molecule has 0 fully saturated rings. The van der Waals surface area contributed by atoms with Crippen molar-refractivity contribution in [2.24, 2.45) is 16.1 Å². The summed E-state index contributed by atoms with van der Waals surface area (Å²) in [5, 5.41) is 0. The molecule has 3 heteroatoms. The van der Waals surface area contributed by atoms with Crippen molar-refractivity contribution in [1.82, 2.24) is 0 Å². The minimum atomic E-state index is -0.111. The Bertz CT molecular complexity index is 378. The van der Waals surface area contributed by atoms with Gasteiger partial charge in [0.25, 0.3) is 0 Å². The van der Waals surface area contributed by atoms with Gasteiger partial charge in [0.1, 0.15) is 5.84 Å². The van der Waals surface area contributed by atoms with E-state index in [0.29, 0.717) is 12.4 Å². The number of nitrogens with zero attached hydrogens (tertiary/aromatic N) is 1. The summed E-state index contributed by atoms with van der Waals surface area (Å²) in [5.41, 5.74) is 7.78. The molecule has 0 aliphatic heterocycles. The fourth-order valence-electron chi connectivity index (χ4n) is 1.19. The van der Waals surface area contributed by atoms with Crippen molar-refractivity contribution in [3.05, 3.63) is 29.8 Å². The van der Waals surface area contributed by atoms with E-state index in [2.05, 4.69) is 4.99 Å². The molecule has 1 rings (SSSR count). The summed E-state index contributed by atoms with van der Waals surface area (Å²) in [6.07, 6.45) is 0. The maximum absolute atomic E-state index is 5.96. The smallest absolute Gasteiger partial charge is 0.105 e. The van der Waals surface area contributed by atoms with Crippen LogP contribution < -0.4 is 5.73 Å². The van der Waals surface area contributed by atoms with Crippen LogP contribution in [0.25, 0.3) is 0 Å². The zero-order valence-electron chi connectivity index (χ0n) is 10.4. The minimum absolute atomic E-state index is 0.111. The number of benzene rings is 1. The lowest BCUT2D eigenvalue weighted by Gasteiger charge is -2.17. The van der Waals surface area contributed by atoms with E-state index in [1.807, 2.05) is 45.0 Å². The molecule has 2 N–H and O–H groups in total. The number of amidine groups is 1. The number of hydrogen-bond donors (Lipinski definition) is 1. The number of hydrogen-bond acceptors (Lipinski definition) is 2. The summed E-state index contributed by atoms with van der Waals surface area (Å²) >= 11 is 0. The molecular formula is C13H20N2O. The summed E-state index contributed by atoms with van der Waals surface area (Å²) in [5.74, 6) is 0.635. The molecule has 0 heterocycles. The van der Waals surface area contributed by atoms with Crippen LogP contribution in [0.5, 0.6) is 0 Å². The van der Waals surface area contributed by atoms with Gasteiger partial charge in [-0.1, -0.05) is 39.0 Å². The quantitative estimate of drug-likeness (QED) is 0.629. The normalized spacial score (nSPS) is 12.9. The van der Waals surface area contributed by atoms with Gasteiger partial charge in [0, 0.05) is 18.1 Å². The van der Waals surface area contributed by atoms with E-state index < -0.39 is 0 Å². The maximum atomic E-state index is 5.96. The fraction of sp³-hybridized carbons (Fsp3) is 0.462. The number of aliphatic imine (C=N–C) groups is 1. The van der Waals surface area contributed by atoms with Crippen molar-refractivity contribution in [3.63, 3.8) is 0 Å². The van der Waals surface area contributed by atoms with Gasteiger partial charge in [-0.15, -0.1) is 0 Å². The summed E-state index contributed by atoms with van der Waals surface area (Å²) in [4.78, 5) is 4.46. The van der Waals surface area contributed by atoms with Crippen LogP contribution in [-0.4, -0.2) is 12.9 Å². The summed E-state index contributed by atoms with van der Waals surface area (Å²) in [6.45, 7) is 6.69. The van der Waals surface area contributed by atoms with Crippen LogP contribution in [0.1, 0.15) is 26.3 Å². The Labute approximate surface area is 97.3 Å². The molecule has 0 unspecified atom stereocenters. The van der Waals surface area contributed by atoms with Gasteiger partial charge in [-0.2, -0.15) is 0 Å². The van der Waals surface area contributed by atoms with Crippen LogP contribution in [0.2, 0.25) is 0 Å². The van der Waals surface area contributed by atoms with Crippen molar-refractivity contribution in [2.75, 3.05) is 7.11 Å². The van der Waals surface area contributed by atoms with Gasteiger partial charge in [-0.05, 0) is 6.07 Å².